The van der Waals surface area contributed by atoms with Gasteiger partial charge in [0.05, 0.1) is 35.2 Å². The van der Waals surface area contributed by atoms with Gasteiger partial charge in [-0.2, -0.15) is 0 Å². The van der Waals surface area contributed by atoms with E-state index >= 15 is 0 Å². The molecule has 0 atom stereocenters. The summed E-state index contributed by atoms with van der Waals surface area (Å²) in [4.78, 5) is 4.63. The van der Waals surface area contributed by atoms with Crippen molar-refractivity contribution in [1.82, 2.24) is 0 Å². The summed E-state index contributed by atoms with van der Waals surface area (Å²) in [7, 11) is 0. The van der Waals surface area contributed by atoms with Crippen molar-refractivity contribution in [3.8, 4) is 66.8 Å². The Morgan fingerprint density at radius 1 is 0.347 bits per heavy atom. The Morgan fingerprint density at radius 3 is 1.51 bits per heavy atom. The average Bonchev–Trinajstić information content (AvgIpc) is 1.63. The van der Waals surface area contributed by atoms with Crippen LogP contribution >= 0.6 is 22.7 Å². The third-order valence-electron chi connectivity index (χ3n) is 22.0. The monoisotopic (exact) mass is 1330 g/mol. The second-order valence-electron chi connectivity index (χ2n) is 28.1. The first-order valence-corrected chi connectivity index (χ1v) is 36.0. The van der Waals surface area contributed by atoms with E-state index in [1.807, 2.05) is 30.3 Å². The summed E-state index contributed by atoms with van der Waals surface area (Å²) in [6.45, 7) is 6.08. The maximum Gasteiger partial charge on any atom is 0.252 e. The van der Waals surface area contributed by atoms with E-state index in [-0.39, 0.29) is 35.3 Å². The molecule has 4 aliphatic rings. The van der Waals surface area contributed by atoms with Gasteiger partial charge < -0.3 is 14.2 Å². The molecule has 2 aliphatic heterocycles. The van der Waals surface area contributed by atoms with Crippen LogP contribution in [-0.2, 0) is 10.8 Å². The van der Waals surface area contributed by atoms with Crippen molar-refractivity contribution < 1.29 is 18.1 Å². The molecular weight excluding hydrogens is 1260 g/mol. The minimum Gasteiger partial charge on any atom is -0.453 e. The van der Waals surface area contributed by atoms with E-state index in [0.717, 1.165) is 109 Å². The van der Waals surface area contributed by atoms with Crippen LogP contribution in [0.1, 0.15) is 62.3 Å². The van der Waals surface area contributed by atoms with Crippen LogP contribution in [0.2, 0.25) is 0 Å². The number of hydrogen-bond donors (Lipinski definition) is 0. The smallest absolute Gasteiger partial charge is 0.252 e. The Hall–Kier alpha value is -11.8. The largest absolute Gasteiger partial charge is 0.453 e. The van der Waals surface area contributed by atoms with Crippen LogP contribution in [0.4, 0.5) is 34.1 Å². The van der Waals surface area contributed by atoms with Gasteiger partial charge in [0, 0.05) is 74.7 Å². The molecule has 3 nitrogen and oxygen atoms in total. The molecule has 0 radical (unpaired) electrons. The van der Waals surface area contributed by atoms with Crippen molar-refractivity contribution in [2.45, 2.75) is 31.6 Å². The Kier molecular flexibility index (Phi) is 10.0. The van der Waals surface area contributed by atoms with Gasteiger partial charge in [0.2, 0.25) is 0 Å². The number of fused-ring (bicyclic) bond motifs is 23. The van der Waals surface area contributed by atoms with Gasteiger partial charge in [-0.05, 0) is 165 Å². The van der Waals surface area contributed by atoms with E-state index < -0.39 is 53.8 Å². The van der Waals surface area contributed by atoms with Gasteiger partial charge in [0.1, 0.15) is 5.58 Å². The predicted molar refractivity (Wildman–Crippen MR) is 430 cm³/mol. The number of anilines is 6. The van der Waals surface area contributed by atoms with Crippen LogP contribution in [0.3, 0.4) is 0 Å². The van der Waals surface area contributed by atoms with Crippen molar-refractivity contribution in [2.75, 3.05) is 9.80 Å². The molecule has 2 aliphatic carbocycles. The highest BCUT2D eigenvalue weighted by Crippen LogP contribution is 2.65. The lowest BCUT2D eigenvalue weighted by Gasteiger charge is -2.45. The molecule has 0 saturated heterocycles. The molecule has 3 aromatic heterocycles. The normalized spacial score (nSPS) is 15.1. The molecule has 18 aromatic rings. The van der Waals surface area contributed by atoms with Crippen LogP contribution in [0.15, 0.2) is 320 Å². The van der Waals surface area contributed by atoms with Gasteiger partial charge in [-0.1, -0.05) is 281 Å². The summed E-state index contributed by atoms with van der Waals surface area (Å²) in [6.07, 6.45) is 0. The lowest BCUT2D eigenvalue weighted by molar-refractivity contribution is 0.590. The zero-order valence-electron chi connectivity index (χ0n) is 64.9. The quantitative estimate of drug-likeness (QED) is 0.155. The van der Waals surface area contributed by atoms with Crippen LogP contribution in [0.25, 0.3) is 129 Å². The second-order valence-corrected chi connectivity index (χ2v) is 30.2. The molecule has 0 fully saturated rings. The number of rotatable bonds is 6. The summed E-state index contributed by atoms with van der Waals surface area (Å²) in [5.41, 5.74) is 23.5. The molecule has 5 heterocycles. The van der Waals surface area contributed by atoms with Crippen molar-refractivity contribution >= 4 is 142 Å². The predicted octanol–water partition coefficient (Wildman–Crippen LogP) is 24.7. The van der Waals surface area contributed by atoms with Crippen molar-refractivity contribution in [2.24, 2.45) is 0 Å². The minimum absolute atomic E-state index is 0.0622. The number of hydrogen-bond acceptors (Lipinski definition) is 5. The molecular formula is C95H61BN2OS2. The maximum atomic E-state index is 9.50. The Bertz CT molecular complexity index is 7170. The van der Waals surface area contributed by atoms with Crippen molar-refractivity contribution in [1.29, 1.82) is 0 Å². The number of furan rings is 1. The molecule has 472 valence electrons. The van der Waals surface area contributed by atoms with E-state index in [9.17, 15) is 5.48 Å². The summed E-state index contributed by atoms with van der Waals surface area (Å²) in [5.74, 6) is 0. The SMILES string of the molecule is [2H]c1c([2H])c([2H])c(-c2ccc3c(c2)N(c2cccc4c2oc2c(-c5cccc6c5-c5ccccc5C65c6ccccc6-c6ccccc65)cccc24)c2cc(C(C)(C)C)cc4c2B3c2ccc(-c3c([2H])c([2H])c([2H])c([2H])c3[2H])cc2N4c2cccc3c2sc2c(-c4ccc5sc6ccccc6c5c4)cccc23)c([2H])c1[2H]. The van der Waals surface area contributed by atoms with Crippen LogP contribution in [0.5, 0.6) is 0 Å². The van der Waals surface area contributed by atoms with Crippen LogP contribution in [0, 0.1) is 0 Å². The van der Waals surface area contributed by atoms with Crippen molar-refractivity contribution in [3.05, 3.63) is 343 Å². The van der Waals surface area contributed by atoms with E-state index in [0.29, 0.717) is 33.7 Å². The Balaban J connectivity index is 0.817. The number of para-hydroxylation sites is 2. The summed E-state index contributed by atoms with van der Waals surface area (Å²) < 4.78 is 104. The molecule has 22 rings (SSSR count). The molecule has 0 unspecified atom stereocenters. The topological polar surface area (TPSA) is 19.6 Å². The number of thiophene rings is 2. The van der Waals surface area contributed by atoms with Gasteiger partial charge in [0.25, 0.3) is 6.71 Å². The average molecular weight is 1330 g/mol. The summed E-state index contributed by atoms with van der Waals surface area (Å²) in [6, 6.07) is 87.0. The molecule has 0 N–H and O–H groups in total. The molecule has 1 spiro atoms. The van der Waals surface area contributed by atoms with Gasteiger partial charge in [-0.15, -0.1) is 22.7 Å². The lowest BCUT2D eigenvalue weighted by atomic mass is 9.33. The third-order valence-corrected chi connectivity index (χ3v) is 24.4. The first-order chi connectivity index (χ1) is 53.9. The van der Waals surface area contributed by atoms with Crippen LogP contribution < -0.4 is 26.2 Å². The fourth-order valence-electron chi connectivity index (χ4n) is 17.7. The maximum absolute atomic E-state index is 9.50. The summed E-state index contributed by atoms with van der Waals surface area (Å²) in [5, 5.41) is 6.40. The zero-order chi connectivity index (χ0) is 75.3. The van der Waals surface area contributed by atoms with Crippen molar-refractivity contribution in [3.63, 3.8) is 0 Å². The van der Waals surface area contributed by atoms with Gasteiger partial charge in [-0.3, -0.25) is 0 Å². The minimum atomic E-state index is -0.578. The molecule has 0 bridgehead atoms. The standard InChI is InChI=1S/C95H61BN2OS2/c1-94(2,3)61-54-84-89-85(55-61)98(81-43-22-37-71-70-36-18-31-62(92(70)101-93(71)81)60-47-50-87-73(51-60)65-29-13-17-44-86(65)100-87)83-53-59(57-25-8-5-9-26-57)46-49-79(83)96(89)78-48-45-58(56-23-6-4-7-24-56)52-82(78)97(84)80-42-21-35-69-68-34-19-33-67(90(68)99-91(69)80)66-32-20-41-77-88(66)72-30-12-16-40-76(72)95(77)74-38-14-10-27-63(74)64-28-11-15-39-75(64)95/h4-55H,1-3H3/i4D,5D,6D,7D,8D,9D,23D,24D,25D,26D. The number of benzene rings is 15. The first kappa shape index (κ1) is 48.0. The van der Waals surface area contributed by atoms with E-state index in [1.165, 1.54) is 53.6 Å². The second kappa shape index (κ2) is 21.1. The highest BCUT2D eigenvalue weighted by molar-refractivity contribution is 7.27. The lowest BCUT2D eigenvalue weighted by Crippen LogP contribution is -2.61. The highest BCUT2D eigenvalue weighted by atomic mass is 32.1. The van der Waals surface area contributed by atoms with Gasteiger partial charge in [-0.25, -0.2) is 0 Å². The fraction of sp³-hybridized carbons (Fsp3) is 0.0526. The van der Waals surface area contributed by atoms with E-state index in [1.54, 1.807) is 22.7 Å². The fourth-order valence-corrected chi connectivity index (χ4v) is 20.1. The van der Waals surface area contributed by atoms with E-state index in [4.69, 9.17) is 12.6 Å². The Morgan fingerprint density at radius 2 is 0.842 bits per heavy atom. The molecule has 101 heavy (non-hydrogen) atoms. The first-order valence-electron chi connectivity index (χ1n) is 39.3. The zero-order valence-corrected chi connectivity index (χ0v) is 56.6. The Labute approximate surface area is 607 Å². The summed E-state index contributed by atoms with van der Waals surface area (Å²) >= 11 is 3.54. The molecule has 0 amide bonds. The van der Waals surface area contributed by atoms with E-state index in [2.05, 4.69) is 255 Å². The molecule has 0 saturated carbocycles. The van der Waals surface area contributed by atoms with Gasteiger partial charge in [0.15, 0.2) is 5.58 Å². The molecule has 6 heteroatoms. The number of nitrogens with zero attached hydrogens (tertiary/aromatic N) is 2. The van der Waals surface area contributed by atoms with Gasteiger partial charge >= 0.3 is 0 Å². The third kappa shape index (κ3) is 7.95. The van der Waals surface area contributed by atoms with Crippen LogP contribution in [-0.4, -0.2) is 6.71 Å². The highest BCUT2D eigenvalue weighted by Gasteiger charge is 2.52. The molecule has 15 aromatic carbocycles.